The molecule has 1 aromatic rings. The van der Waals surface area contributed by atoms with E-state index in [0.717, 1.165) is 12.5 Å². The van der Waals surface area contributed by atoms with Crippen LogP contribution in [0.2, 0.25) is 0 Å². The van der Waals surface area contributed by atoms with Crippen molar-refractivity contribution in [2.75, 3.05) is 11.4 Å². The number of benzene rings is 1. The van der Waals surface area contributed by atoms with Crippen LogP contribution in [0.15, 0.2) is 29.3 Å². The molecule has 2 unspecified atom stereocenters. The summed E-state index contributed by atoms with van der Waals surface area (Å²) in [5.41, 5.74) is 8.76. The number of rotatable bonds is 1. The van der Waals surface area contributed by atoms with Gasteiger partial charge in [-0.1, -0.05) is 19.1 Å². The van der Waals surface area contributed by atoms with Gasteiger partial charge in [0.15, 0.2) is 5.96 Å². The summed E-state index contributed by atoms with van der Waals surface area (Å²) >= 11 is 0. The molecule has 96 valence electrons. The van der Waals surface area contributed by atoms with Gasteiger partial charge in [-0.15, -0.1) is 0 Å². The molecule has 1 fully saturated rings. The maximum Gasteiger partial charge on any atom is 0.196 e. The zero-order valence-electron chi connectivity index (χ0n) is 11.2. The number of hydrogen-bond donors (Lipinski definition) is 1. The molecule has 2 N–H and O–H groups in total. The number of nitrogens with zero attached hydrogens (tertiary/aromatic N) is 2. The van der Waals surface area contributed by atoms with Crippen molar-refractivity contribution in [3.8, 4) is 0 Å². The molecule has 1 aliphatic carbocycles. The van der Waals surface area contributed by atoms with Crippen LogP contribution in [0.1, 0.15) is 31.7 Å². The molecule has 3 rings (SSSR count). The topological polar surface area (TPSA) is 41.6 Å². The molecular weight excluding hydrogens is 222 g/mol. The summed E-state index contributed by atoms with van der Waals surface area (Å²) in [6.07, 6.45) is 3.68. The molecule has 1 aromatic carbocycles. The fourth-order valence-electron chi connectivity index (χ4n) is 3.50. The second-order valence-electron chi connectivity index (χ2n) is 5.92. The van der Waals surface area contributed by atoms with Gasteiger partial charge < -0.3 is 10.6 Å². The average Bonchev–Trinajstić information content (AvgIpc) is 2.84. The smallest absolute Gasteiger partial charge is 0.196 e. The molecule has 3 heteroatoms. The van der Waals surface area contributed by atoms with Crippen LogP contribution in [0.25, 0.3) is 0 Å². The Labute approximate surface area is 109 Å². The molecule has 0 bridgehead atoms. The van der Waals surface area contributed by atoms with E-state index >= 15 is 0 Å². The SMILES string of the molecule is Cc1cccc(N2C(N)=NCC23CCC(C)C3)c1. The number of aliphatic imine (C=N–C) groups is 1. The first-order chi connectivity index (χ1) is 8.61. The van der Waals surface area contributed by atoms with E-state index in [2.05, 4.69) is 48.0 Å². The van der Waals surface area contributed by atoms with Gasteiger partial charge in [0.05, 0.1) is 12.1 Å². The summed E-state index contributed by atoms with van der Waals surface area (Å²) in [6, 6.07) is 8.57. The summed E-state index contributed by atoms with van der Waals surface area (Å²) in [6.45, 7) is 5.31. The Morgan fingerprint density at radius 2 is 2.28 bits per heavy atom. The zero-order valence-corrected chi connectivity index (χ0v) is 11.2. The van der Waals surface area contributed by atoms with Crippen LogP contribution < -0.4 is 10.6 Å². The Balaban J connectivity index is 2.00. The quantitative estimate of drug-likeness (QED) is 0.824. The minimum Gasteiger partial charge on any atom is -0.369 e. The second-order valence-corrected chi connectivity index (χ2v) is 5.92. The molecule has 1 heterocycles. The van der Waals surface area contributed by atoms with Crippen LogP contribution >= 0.6 is 0 Å². The highest BCUT2D eigenvalue weighted by Crippen LogP contribution is 2.43. The Bertz CT molecular complexity index is 494. The largest absolute Gasteiger partial charge is 0.369 e. The summed E-state index contributed by atoms with van der Waals surface area (Å²) in [7, 11) is 0. The van der Waals surface area contributed by atoms with Crippen molar-refractivity contribution in [3.63, 3.8) is 0 Å². The van der Waals surface area contributed by atoms with Crippen LogP contribution in [0.3, 0.4) is 0 Å². The van der Waals surface area contributed by atoms with Crippen molar-refractivity contribution < 1.29 is 0 Å². The Kier molecular flexibility index (Phi) is 2.58. The van der Waals surface area contributed by atoms with Gasteiger partial charge in [0, 0.05) is 5.69 Å². The summed E-state index contributed by atoms with van der Waals surface area (Å²) < 4.78 is 0. The molecule has 0 aromatic heterocycles. The van der Waals surface area contributed by atoms with Crippen molar-refractivity contribution >= 4 is 11.6 Å². The first kappa shape index (κ1) is 11.6. The van der Waals surface area contributed by atoms with E-state index in [4.69, 9.17) is 5.73 Å². The lowest BCUT2D eigenvalue weighted by molar-refractivity contribution is 0.452. The van der Waals surface area contributed by atoms with E-state index in [1.54, 1.807) is 0 Å². The lowest BCUT2D eigenvalue weighted by Gasteiger charge is -2.36. The van der Waals surface area contributed by atoms with Gasteiger partial charge in [0.25, 0.3) is 0 Å². The molecule has 1 aliphatic heterocycles. The Hall–Kier alpha value is -1.51. The standard InChI is InChI=1S/C15H21N3/c1-11-4-3-5-13(8-11)18-14(16)17-10-15(18)7-6-12(2)9-15/h3-5,8,12H,6-7,9-10H2,1-2H3,(H2,16,17). The van der Waals surface area contributed by atoms with Crippen LogP contribution in [0, 0.1) is 12.8 Å². The fourth-order valence-corrected chi connectivity index (χ4v) is 3.50. The van der Waals surface area contributed by atoms with E-state index in [1.165, 1.54) is 30.5 Å². The summed E-state index contributed by atoms with van der Waals surface area (Å²) in [5, 5.41) is 0. The third kappa shape index (κ3) is 1.69. The molecule has 18 heavy (non-hydrogen) atoms. The minimum atomic E-state index is 0.150. The molecule has 1 spiro atoms. The van der Waals surface area contributed by atoms with Crippen molar-refractivity contribution in [1.82, 2.24) is 0 Å². The minimum absolute atomic E-state index is 0.150. The van der Waals surface area contributed by atoms with Gasteiger partial charge in [0.1, 0.15) is 0 Å². The Morgan fingerprint density at radius 1 is 1.44 bits per heavy atom. The molecule has 0 radical (unpaired) electrons. The van der Waals surface area contributed by atoms with Crippen LogP contribution in [-0.2, 0) is 0 Å². The number of aryl methyl sites for hydroxylation is 1. The third-order valence-electron chi connectivity index (χ3n) is 4.33. The van der Waals surface area contributed by atoms with E-state index < -0.39 is 0 Å². The van der Waals surface area contributed by atoms with Gasteiger partial charge in [-0.2, -0.15) is 0 Å². The van der Waals surface area contributed by atoms with Crippen LogP contribution in [-0.4, -0.2) is 18.0 Å². The molecule has 2 aliphatic rings. The molecule has 3 nitrogen and oxygen atoms in total. The predicted molar refractivity (Wildman–Crippen MR) is 75.9 cm³/mol. The van der Waals surface area contributed by atoms with Crippen LogP contribution in [0.4, 0.5) is 5.69 Å². The van der Waals surface area contributed by atoms with E-state index in [-0.39, 0.29) is 5.54 Å². The van der Waals surface area contributed by atoms with Crippen molar-refractivity contribution in [3.05, 3.63) is 29.8 Å². The predicted octanol–water partition coefficient (Wildman–Crippen LogP) is 2.69. The van der Waals surface area contributed by atoms with Gasteiger partial charge in [-0.05, 0) is 49.8 Å². The molecule has 1 saturated carbocycles. The Morgan fingerprint density at radius 3 is 2.94 bits per heavy atom. The number of nitrogens with two attached hydrogens (primary N) is 1. The molecule has 2 atom stereocenters. The van der Waals surface area contributed by atoms with Gasteiger partial charge >= 0.3 is 0 Å². The number of anilines is 1. The number of hydrogen-bond acceptors (Lipinski definition) is 3. The van der Waals surface area contributed by atoms with E-state index in [1.807, 2.05) is 0 Å². The highest BCUT2D eigenvalue weighted by Gasteiger charge is 2.47. The third-order valence-corrected chi connectivity index (χ3v) is 4.33. The van der Waals surface area contributed by atoms with Gasteiger partial charge in [0.2, 0.25) is 0 Å². The lowest BCUT2D eigenvalue weighted by Crippen LogP contribution is -2.50. The highest BCUT2D eigenvalue weighted by molar-refractivity contribution is 5.98. The average molecular weight is 243 g/mol. The maximum absolute atomic E-state index is 6.14. The normalized spacial score (nSPS) is 31.1. The van der Waals surface area contributed by atoms with Crippen molar-refractivity contribution in [2.24, 2.45) is 16.6 Å². The van der Waals surface area contributed by atoms with E-state index in [9.17, 15) is 0 Å². The summed E-state index contributed by atoms with van der Waals surface area (Å²) in [5.74, 6) is 1.47. The highest BCUT2D eigenvalue weighted by atomic mass is 15.4. The van der Waals surface area contributed by atoms with Crippen molar-refractivity contribution in [1.29, 1.82) is 0 Å². The molecule has 0 amide bonds. The fraction of sp³-hybridized carbons (Fsp3) is 0.533. The maximum atomic E-state index is 6.14. The molecular formula is C15H21N3. The first-order valence-corrected chi connectivity index (χ1v) is 6.78. The lowest BCUT2D eigenvalue weighted by atomic mass is 9.94. The number of guanidine groups is 1. The first-order valence-electron chi connectivity index (χ1n) is 6.78. The summed E-state index contributed by atoms with van der Waals surface area (Å²) in [4.78, 5) is 6.79. The van der Waals surface area contributed by atoms with Crippen molar-refractivity contribution in [2.45, 2.75) is 38.6 Å². The van der Waals surface area contributed by atoms with Gasteiger partial charge in [-0.3, -0.25) is 4.99 Å². The van der Waals surface area contributed by atoms with E-state index in [0.29, 0.717) is 5.96 Å². The second kappa shape index (κ2) is 4.01. The monoisotopic (exact) mass is 243 g/mol. The molecule has 0 saturated heterocycles. The zero-order chi connectivity index (χ0) is 12.8. The van der Waals surface area contributed by atoms with Gasteiger partial charge in [-0.25, -0.2) is 0 Å². The van der Waals surface area contributed by atoms with Crippen LogP contribution in [0.5, 0.6) is 0 Å².